The third-order valence-electron chi connectivity index (χ3n) is 3.12. The average Bonchev–Trinajstić information content (AvgIpc) is 2.61. The van der Waals surface area contributed by atoms with Gasteiger partial charge in [0.2, 0.25) is 0 Å². The summed E-state index contributed by atoms with van der Waals surface area (Å²) in [6.45, 7) is 0. The lowest BCUT2D eigenvalue weighted by Gasteiger charge is -2.07. The smallest absolute Gasteiger partial charge is 0.256 e. The van der Waals surface area contributed by atoms with Crippen LogP contribution in [0.2, 0.25) is 0 Å². The Labute approximate surface area is 111 Å². The van der Waals surface area contributed by atoms with Crippen molar-refractivity contribution in [3.05, 3.63) is 71.0 Å². The lowest BCUT2D eigenvalue weighted by Crippen LogP contribution is -2.11. The average molecular weight is 251 g/mol. The van der Waals surface area contributed by atoms with E-state index in [1.165, 1.54) is 0 Å². The standard InChI is InChI=1S/C16H13NO2/c1-19-14-9-7-13(8-10-14)17-15-6-4-2-3-5-12(15)11-16(17)18/h2-11H,1H3. The van der Waals surface area contributed by atoms with Crippen molar-refractivity contribution in [3.63, 3.8) is 0 Å². The highest BCUT2D eigenvalue weighted by molar-refractivity contribution is 5.64. The van der Waals surface area contributed by atoms with E-state index in [0.717, 1.165) is 22.7 Å². The first-order valence-corrected chi connectivity index (χ1v) is 6.05. The molecule has 3 heteroatoms. The largest absolute Gasteiger partial charge is 0.497 e. The van der Waals surface area contributed by atoms with Crippen molar-refractivity contribution >= 4 is 0 Å². The molecule has 3 nitrogen and oxygen atoms in total. The molecule has 1 aromatic rings. The highest BCUT2D eigenvalue weighted by atomic mass is 16.5. The van der Waals surface area contributed by atoms with E-state index in [9.17, 15) is 4.79 Å². The molecule has 3 rings (SSSR count). The highest BCUT2D eigenvalue weighted by Gasteiger charge is 2.12. The van der Waals surface area contributed by atoms with Crippen LogP contribution in [0.15, 0.2) is 65.5 Å². The fourth-order valence-electron chi connectivity index (χ4n) is 2.19. The molecule has 0 aromatic heterocycles. The Balaban J connectivity index is 2.21. The number of nitrogens with zero attached hydrogens (tertiary/aromatic N) is 1. The Morgan fingerprint density at radius 3 is 2.42 bits per heavy atom. The molecule has 1 heterocycles. The molecule has 1 aliphatic carbocycles. The molecule has 0 fully saturated rings. The molecule has 0 saturated heterocycles. The van der Waals surface area contributed by atoms with Crippen LogP contribution in [-0.4, -0.2) is 11.7 Å². The van der Waals surface area contributed by atoms with Gasteiger partial charge in [-0.3, -0.25) is 9.36 Å². The summed E-state index contributed by atoms with van der Waals surface area (Å²) < 4.78 is 6.84. The number of aromatic nitrogens is 1. The lowest BCUT2D eigenvalue weighted by molar-refractivity contribution is 0.414. The van der Waals surface area contributed by atoms with Gasteiger partial charge in [-0.25, -0.2) is 0 Å². The maximum Gasteiger partial charge on any atom is 0.256 e. The van der Waals surface area contributed by atoms with Crippen LogP contribution in [0.4, 0.5) is 0 Å². The second-order valence-corrected chi connectivity index (χ2v) is 4.27. The van der Waals surface area contributed by atoms with Gasteiger partial charge in [-0.05, 0) is 30.3 Å². The molecule has 0 N–H and O–H groups in total. The molecule has 0 radical (unpaired) electrons. The summed E-state index contributed by atoms with van der Waals surface area (Å²) >= 11 is 0. The topological polar surface area (TPSA) is 31.2 Å². The Bertz CT molecular complexity index is 728. The van der Waals surface area contributed by atoms with E-state index in [1.807, 2.05) is 54.6 Å². The first-order valence-electron chi connectivity index (χ1n) is 6.05. The van der Waals surface area contributed by atoms with Crippen LogP contribution in [0.3, 0.4) is 0 Å². The number of methoxy groups -OCH3 is 1. The van der Waals surface area contributed by atoms with Gasteiger partial charge in [-0.15, -0.1) is 0 Å². The monoisotopic (exact) mass is 251 g/mol. The second-order valence-electron chi connectivity index (χ2n) is 4.27. The van der Waals surface area contributed by atoms with Crippen LogP contribution >= 0.6 is 0 Å². The predicted octanol–water partition coefficient (Wildman–Crippen LogP) is 2.95. The minimum absolute atomic E-state index is 0.0219. The zero-order chi connectivity index (χ0) is 13.2. The molecule has 0 amide bonds. The maximum absolute atomic E-state index is 12.1. The van der Waals surface area contributed by atoms with Gasteiger partial charge in [0.1, 0.15) is 5.75 Å². The lowest BCUT2D eigenvalue weighted by atomic mass is 10.2. The summed E-state index contributed by atoms with van der Waals surface area (Å²) in [5, 5.41) is 0. The molecule has 19 heavy (non-hydrogen) atoms. The first-order chi connectivity index (χ1) is 9.29. The van der Waals surface area contributed by atoms with Gasteiger partial charge in [0, 0.05) is 17.3 Å². The van der Waals surface area contributed by atoms with Gasteiger partial charge in [-0.1, -0.05) is 24.3 Å². The molecular weight excluding hydrogens is 238 g/mol. The molecule has 0 saturated carbocycles. The Morgan fingerprint density at radius 2 is 1.68 bits per heavy atom. The van der Waals surface area contributed by atoms with Crippen molar-refractivity contribution in [1.82, 2.24) is 4.57 Å². The molecule has 0 atom stereocenters. The predicted molar refractivity (Wildman–Crippen MR) is 75.2 cm³/mol. The Hall–Kier alpha value is -2.55. The molecule has 0 unspecified atom stereocenters. The van der Waals surface area contributed by atoms with Crippen molar-refractivity contribution in [3.8, 4) is 22.7 Å². The van der Waals surface area contributed by atoms with Crippen molar-refractivity contribution < 1.29 is 4.74 Å². The van der Waals surface area contributed by atoms with E-state index >= 15 is 0 Å². The van der Waals surface area contributed by atoms with Crippen molar-refractivity contribution in [2.75, 3.05) is 7.11 Å². The van der Waals surface area contributed by atoms with Crippen LogP contribution < -0.4 is 10.3 Å². The molecular formula is C16H13NO2. The normalized spacial score (nSPS) is 10.6. The van der Waals surface area contributed by atoms with Gasteiger partial charge in [0.05, 0.1) is 12.8 Å². The first kappa shape index (κ1) is 11.5. The van der Waals surface area contributed by atoms with Crippen LogP contribution in [0.1, 0.15) is 0 Å². The highest BCUT2D eigenvalue weighted by Crippen LogP contribution is 2.23. The van der Waals surface area contributed by atoms with Gasteiger partial charge in [0.25, 0.3) is 5.56 Å². The third-order valence-corrected chi connectivity index (χ3v) is 3.12. The van der Waals surface area contributed by atoms with Crippen LogP contribution in [0.25, 0.3) is 16.9 Å². The van der Waals surface area contributed by atoms with Crippen molar-refractivity contribution in [1.29, 1.82) is 0 Å². The number of hydrogen-bond donors (Lipinski definition) is 0. The van der Waals surface area contributed by atoms with Gasteiger partial charge in [0.15, 0.2) is 0 Å². The SMILES string of the molecule is COc1ccc(-n2c3cccccc-3cc2=O)cc1. The number of ether oxygens (including phenoxy) is 1. The Kier molecular flexibility index (Phi) is 2.80. The minimum Gasteiger partial charge on any atom is -0.497 e. The zero-order valence-corrected chi connectivity index (χ0v) is 10.5. The summed E-state index contributed by atoms with van der Waals surface area (Å²) in [4.78, 5) is 12.1. The van der Waals surface area contributed by atoms with Crippen LogP contribution in [-0.2, 0) is 0 Å². The van der Waals surface area contributed by atoms with Crippen molar-refractivity contribution in [2.45, 2.75) is 0 Å². The third kappa shape index (κ3) is 1.99. The second kappa shape index (κ2) is 4.61. The number of fused-ring (bicyclic) bond motifs is 1. The van der Waals surface area contributed by atoms with E-state index in [0.29, 0.717) is 0 Å². The van der Waals surface area contributed by atoms with Crippen LogP contribution in [0.5, 0.6) is 5.75 Å². The zero-order valence-electron chi connectivity index (χ0n) is 10.5. The quantitative estimate of drug-likeness (QED) is 0.701. The summed E-state index contributed by atoms with van der Waals surface area (Å²) in [5.74, 6) is 0.776. The molecule has 1 aromatic carbocycles. The molecule has 1 aliphatic heterocycles. The summed E-state index contributed by atoms with van der Waals surface area (Å²) in [5.41, 5.74) is 2.66. The molecule has 0 bridgehead atoms. The summed E-state index contributed by atoms with van der Waals surface area (Å²) in [6.07, 6.45) is 0. The van der Waals surface area contributed by atoms with Gasteiger partial charge >= 0.3 is 0 Å². The molecule has 2 aliphatic rings. The minimum atomic E-state index is -0.0219. The van der Waals surface area contributed by atoms with E-state index in [-0.39, 0.29) is 5.56 Å². The fraction of sp³-hybridized carbons (Fsp3) is 0.0625. The molecule has 0 spiro atoms. The maximum atomic E-state index is 12.1. The summed E-state index contributed by atoms with van der Waals surface area (Å²) in [6, 6.07) is 18.8. The van der Waals surface area contributed by atoms with E-state index in [1.54, 1.807) is 17.7 Å². The number of hydrogen-bond acceptors (Lipinski definition) is 2. The van der Waals surface area contributed by atoms with Crippen molar-refractivity contribution in [2.24, 2.45) is 0 Å². The van der Waals surface area contributed by atoms with E-state index < -0.39 is 0 Å². The number of benzene rings is 1. The summed E-state index contributed by atoms with van der Waals surface area (Å²) in [7, 11) is 1.62. The van der Waals surface area contributed by atoms with Crippen LogP contribution in [0, 0.1) is 0 Å². The van der Waals surface area contributed by atoms with E-state index in [4.69, 9.17) is 4.74 Å². The number of rotatable bonds is 2. The van der Waals surface area contributed by atoms with E-state index in [2.05, 4.69) is 0 Å². The Morgan fingerprint density at radius 1 is 0.947 bits per heavy atom. The van der Waals surface area contributed by atoms with Gasteiger partial charge < -0.3 is 4.74 Å². The fourth-order valence-corrected chi connectivity index (χ4v) is 2.19. The molecule has 94 valence electrons. The van der Waals surface area contributed by atoms with Gasteiger partial charge in [-0.2, -0.15) is 0 Å².